The van der Waals surface area contributed by atoms with Gasteiger partial charge in [-0.3, -0.25) is 9.69 Å². The lowest BCUT2D eigenvalue weighted by atomic mass is 10.2. The zero-order valence-corrected chi connectivity index (χ0v) is 12.4. The largest absolute Gasteiger partial charge is 0.467 e. The predicted octanol–water partition coefficient (Wildman–Crippen LogP) is 2.81. The van der Waals surface area contributed by atoms with Crippen LogP contribution >= 0.6 is 0 Å². The lowest BCUT2D eigenvalue weighted by Crippen LogP contribution is -2.37. The van der Waals surface area contributed by atoms with E-state index in [0.717, 1.165) is 25.3 Å². The maximum absolute atomic E-state index is 12.0. The molecule has 1 aromatic heterocycles. The van der Waals surface area contributed by atoms with Gasteiger partial charge in [0.2, 0.25) is 5.91 Å². The highest BCUT2D eigenvalue weighted by molar-refractivity contribution is 5.77. The molecule has 4 nitrogen and oxygen atoms in total. The second-order valence-electron chi connectivity index (χ2n) is 5.05. The molecule has 112 valence electrons. The van der Waals surface area contributed by atoms with E-state index in [1.54, 1.807) is 6.26 Å². The molecule has 0 atom stereocenters. The molecule has 0 saturated heterocycles. The van der Waals surface area contributed by atoms with Gasteiger partial charge in [-0.1, -0.05) is 37.3 Å². The van der Waals surface area contributed by atoms with Crippen LogP contribution in [0.2, 0.25) is 0 Å². The molecule has 1 amide bonds. The van der Waals surface area contributed by atoms with Crippen LogP contribution in [0.3, 0.4) is 0 Å². The van der Waals surface area contributed by atoms with Crippen molar-refractivity contribution in [2.45, 2.75) is 26.4 Å². The van der Waals surface area contributed by atoms with E-state index in [1.807, 2.05) is 30.3 Å². The number of nitrogens with zero attached hydrogens (tertiary/aromatic N) is 1. The van der Waals surface area contributed by atoms with Crippen molar-refractivity contribution < 1.29 is 9.21 Å². The Hall–Kier alpha value is -2.07. The van der Waals surface area contributed by atoms with Crippen molar-refractivity contribution in [3.8, 4) is 0 Å². The molecule has 0 aliphatic carbocycles. The van der Waals surface area contributed by atoms with Crippen LogP contribution < -0.4 is 5.32 Å². The molecule has 4 heteroatoms. The molecule has 1 N–H and O–H groups in total. The number of rotatable bonds is 8. The molecule has 1 heterocycles. The van der Waals surface area contributed by atoms with Gasteiger partial charge in [0.25, 0.3) is 0 Å². The number of furan rings is 1. The van der Waals surface area contributed by atoms with Gasteiger partial charge in [0, 0.05) is 6.54 Å². The third-order valence-electron chi connectivity index (χ3n) is 3.20. The standard InChI is InChI=1S/C17H22N2O2/c1-2-10-19(13-15-7-4-3-5-8-15)14-17(20)18-12-16-9-6-11-21-16/h3-9,11H,2,10,12-14H2,1H3,(H,18,20). The van der Waals surface area contributed by atoms with Gasteiger partial charge in [0.05, 0.1) is 19.4 Å². The summed E-state index contributed by atoms with van der Waals surface area (Å²) in [7, 11) is 0. The first-order chi connectivity index (χ1) is 10.3. The van der Waals surface area contributed by atoms with E-state index < -0.39 is 0 Å². The summed E-state index contributed by atoms with van der Waals surface area (Å²) >= 11 is 0. The van der Waals surface area contributed by atoms with Crippen LogP contribution in [0, 0.1) is 0 Å². The minimum atomic E-state index is 0.0239. The third kappa shape index (κ3) is 5.44. The first kappa shape index (κ1) is 15.3. The SMILES string of the molecule is CCCN(CC(=O)NCc1ccco1)Cc1ccccc1. The smallest absolute Gasteiger partial charge is 0.234 e. The maximum Gasteiger partial charge on any atom is 0.234 e. The fourth-order valence-corrected chi connectivity index (χ4v) is 2.23. The fraction of sp³-hybridized carbons (Fsp3) is 0.353. The maximum atomic E-state index is 12.0. The van der Waals surface area contributed by atoms with E-state index >= 15 is 0 Å². The van der Waals surface area contributed by atoms with Crippen molar-refractivity contribution in [2.75, 3.05) is 13.1 Å². The molecule has 0 aliphatic rings. The zero-order valence-electron chi connectivity index (χ0n) is 12.4. The van der Waals surface area contributed by atoms with Crippen LogP contribution in [-0.4, -0.2) is 23.9 Å². The Morgan fingerprint density at radius 3 is 2.67 bits per heavy atom. The minimum Gasteiger partial charge on any atom is -0.467 e. The van der Waals surface area contributed by atoms with Crippen molar-refractivity contribution in [3.63, 3.8) is 0 Å². The van der Waals surface area contributed by atoms with Gasteiger partial charge in [-0.2, -0.15) is 0 Å². The summed E-state index contributed by atoms with van der Waals surface area (Å²) in [5.74, 6) is 0.796. The van der Waals surface area contributed by atoms with Gasteiger partial charge < -0.3 is 9.73 Å². The summed E-state index contributed by atoms with van der Waals surface area (Å²) in [6.07, 6.45) is 2.64. The van der Waals surface area contributed by atoms with Gasteiger partial charge in [-0.05, 0) is 30.7 Å². The number of benzene rings is 1. The van der Waals surface area contributed by atoms with Crippen molar-refractivity contribution in [1.82, 2.24) is 10.2 Å². The Morgan fingerprint density at radius 1 is 1.19 bits per heavy atom. The Morgan fingerprint density at radius 2 is 2.00 bits per heavy atom. The molecule has 0 fully saturated rings. The van der Waals surface area contributed by atoms with E-state index in [4.69, 9.17) is 4.42 Å². The number of amides is 1. The van der Waals surface area contributed by atoms with Crippen LogP contribution in [0.1, 0.15) is 24.7 Å². The quantitative estimate of drug-likeness (QED) is 0.811. The second-order valence-corrected chi connectivity index (χ2v) is 5.05. The topological polar surface area (TPSA) is 45.5 Å². The van der Waals surface area contributed by atoms with Gasteiger partial charge >= 0.3 is 0 Å². The van der Waals surface area contributed by atoms with E-state index in [2.05, 4.69) is 29.3 Å². The van der Waals surface area contributed by atoms with Gasteiger partial charge in [0.1, 0.15) is 5.76 Å². The van der Waals surface area contributed by atoms with Crippen molar-refractivity contribution >= 4 is 5.91 Å². The molecular formula is C17H22N2O2. The average Bonchev–Trinajstić information content (AvgIpc) is 3.00. The van der Waals surface area contributed by atoms with Crippen LogP contribution in [0.15, 0.2) is 53.1 Å². The molecule has 0 radical (unpaired) electrons. The fourth-order valence-electron chi connectivity index (χ4n) is 2.23. The molecule has 0 unspecified atom stereocenters. The summed E-state index contributed by atoms with van der Waals surface area (Å²) in [5.41, 5.74) is 1.23. The predicted molar refractivity (Wildman–Crippen MR) is 82.6 cm³/mol. The van der Waals surface area contributed by atoms with E-state index in [0.29, 0.717) is 13.1 Å². The lowest BCUT2D eigenvalue weighted by molar-refractivity contribution is -0.122. The molecule has 0 bridgehead atoms. The molecule has 1 aromatic carbocycles. The summed E-state index contributed by atoms with van der Waals surface area (Å²) in [6, 6.07) is 13.9. The van der Waals surface area contributed by atoms with Crippen molar-refractivity contribution in [3.05, 3.63) is 60.1 Å². The van der Waals surface area contributed by atoms with Crippen LogP contribution in [0.4, 0.5) is 0 Å². The molecule has 0 saturated carbocycles. The van der Waals surface area contributed by atoms with Crippen molar-refractivity contribution in [1.29, 1.82) is 0 Å². The second kappa shape index (κ2) is 8.27. The highest BCUT2D eigenvalue weighted by Gasteiger charge is 2.10. The van der Waals surface area contributed by atoms with E-state index in [1.165, 1.54) is 5.56 Å². The van der Waals surface area contributed by atoms with Crippen molar-refractivity contribution in [2.24, 2.45) is 0 Å². The summed E-state index contributed by atoms with van der Waals surface area (Å²) < 4.78 is 5.20. The minimum absolute atomic E-state index is 0.0239. The monoisotopic (exact) mass is 286 g/mol. The van der Waals surface area contributed by atoms with Crippen LogP contribution in [0.5, 0.6) is 0 Å². The normalized spacial score (nSPS) is 10.8. The van der Waals surface area contributed by atoms with Crippen LogP contribution in [-0.2, 0) is 17.9 Å². The molecule has 0 spiro atoms. The molecule has 21 heavy (non-hydrogen) atoms. The Labute approximate surface area is 125 Å². The Kier molecular flexibility index (Phi) is 6.03. The van der Waals surface area contributed by atoms with E-state index in [-0.39, 0.29) is 5.91 Å². The molecule has 2 rings (SSSR count). The number of hydrogen-bond donors (Lipinski definition) is 1. The Balaban J connectivity index is 1.82. The number of carbonyl (C=O) groups is 1. The summed E-state index contributed by atoms with van der Waals surface area (Å²) in [5, 5.41) is 2.89. The number of nitrogens with one attached hydrogen (secondary N) is 1. The van der Waals surface area contributed by atoms with E-state index in [9.17, 15) is 4.79 Å². The first-order valence-corrected chi connectivity index (χ1v) is 7.33. The highest BCUT2D eigenvalue weighted by Crippen LogP contribution is 2.05. The molecule has 0 aliphatic heterocycles. The Bertz CT molecular complexity index is 523. The van der Waals surface area contributed by atoms with Gasteiger partial charge in [-0.15, -0.1) is 0 Å². The first-order valence-electron chi connectivity index (χ1n) is 7.33. The van der Waals surface area contributed by atoms with Gasteiger partial charge in [-0.25, -0.2) is 0 Å². The molecule has 2 aromatic rings. The lowest BCUT2D eigenvalue weighted by Gasteiger charge is -2.21. The highest BCUT2D eigenvalue weighted by atomic mass is 16.3. The number of hydrogen-bond acceptors (Lipinski definition) is 3. The van der Waals surface area contributed by atoms with Gasteiger partial charge in [0.15, 0.2) is 0 Å². The number of carbonyl (C=O) groups excluding carboxylic acids is 1. The summed E-state index contributed by atoms with van der Waals surface area (Å²) in [6.45, 7) is 4.67. The van der Waals surface area contributed by atoms with Crippen LogP contribution in [0.25, 0.3) is 0 Å². The zero-order chi connectivity index (χ0) is 14.9. The average molecular weight is 286 g/mol. The molecular weight excluding hydrogens is 264 g/mol. The third-order valence-corrected chi connectivity index (χ3v) is 3.20. The summed E-state index contributed by atoms with van der Waals surface area (Å²) in [4.78, 5) is 14.2.